The third-order valence-electron chi connectivity index (χ3n) is 2.50. The SMILES string of the molecule is CCOC(=O)CCC(F)(F)C(=O)Nc1ccn(CC(F)(F)F)n1. The van der Waals surface area contributed by atoms with E-state index in [-0.39, 0.29) is 6.61 Å². The Morgan fingerprint density at radius 1 is 1.30 bits per heavy atom. The van der Waals surface area contributed by atoms with Gasteiger partial charge in [-0.3, -0.25) is 14.3 Å². The molecule has 1 rings (SSSR count). The van der Waals surface area contributed by atoms with Gasteiger partial charge >= 0.3 is 18.1 Å². The van der Waals surface area contributed by atoms with Crippen LogP contribution in [0.25, 0.3) is 0 Å². The number of ether oxygens (including phenoxy) is 1. The summed E-state index contributed by atoms with van der Waals surface area (Å²) >= 11 is 0. The Hall–Kier alpha value is -2.20. The smallest absolute Gasteiger partial charge is 0.408 e. The fourth-order valence-corrected chi connectivity index (χ4v) is 1.51. The van der Waals surface area contributed by atoms with E-state index in [1.165, 1.54) is 6.92 Å². The summed E-state index contributed by atoms with van der Waals surface area (Å²) in [4.78, 5) is 22.4. The first-order chi connectivity index (χ1) is 10.5. The minimum absolute atomic E-state index is 0.0211. The standard InChI is InChI=1S/C12H14F5N3O3/c1-2-23-9(21)3-5-11(13,14)10(22)18-8-4-6-20(19-8)7-12(15,16)17/h4,6H,2-3,5,7H2,1H3,(H,18,19,22). The molecule has 0 aliphatic rings. The van der Waals surface area contributed by atoms with Crippen LogP contribution in [0.5, 0.6) is 0 Å². The molecule has 0 spiro atoms. The zero-order valence-electron chi connectivity index (χ0n) is 12.0. The van der Waals surface area contributed by atoms with Crippen LogP contribution in [0.15, 0.2) is 12.3 Å². The van der Waals surface area contributed by atoms with Crippen LogP contribution in [0.3, 0.4) is 0 Å². The van der Waals surface area contributed by atoms with Gasteiger partial charge in [-0.1, -0.05) is 0 Å². The molecule has 0 radical (unpaired) electrons. The van der Waals surface area contributed by atoms with Crippen LogP contribution in [0, 0.1) is 0 Å². The number of amides is 1. The molecule has 1 aromatic heterocycles. The van der Waals surface area contributed by atoms with Crippen molar-refractivity contribution in [3.63, 3.8) is 0 Å². The summed E-state index contributed by atoms with van der Waals surface area (Å²) < 4.78 is 68.4. The molecule has 0 saturated heterocycles. The van der Waals surface area contributed by atoms with Gasteiger partial charge in [-0.05, 0) is 6.92 Å². The molecular formula is C12H14F5N3O3. The summed E-state index contributed by atoms with van der Waals surface area (Å²) in [6.07, 6.45) is -5.39. The molecule has 11 heteroatoms. The summed E-state index contributed by atoms with van der Waals surface area (Å²) in [5.74, 6) is -6.98. The van der Waals surface area contributed by atoms with Gasteiger partial charge in [-0.15, -0.1) is 0 Å². The molecule has 0 fully saturated rings. The lowest BCUT2D eigenvalue weighted by atomic mass is 10.1. The number of carbonyl (C=O) groups is 2. The Morgan fingerprint density at radius 2 is 1.96 bits per heavy atom. The van der Waals surface area contributed by atoms with E-state index >= 15 is 0 Å². The van der Waals surface area contributed by atoms with Crippen LogP contribution in [-0.2, 0) is 20.9 Å². The van der Waals surface area contributed by atoms with Gasteiger partial charge < -0.3 is 10.1 Å². The average Bonchev–Trinajstić information content (AvgIpc) is 2.81. The molecule has 0 bridgehead atoms. The molecule has 6 nitrogen and oxygen atoms in total. The minimum Gasteiger partial charge on any atom is -0.466 e. The summed E-state index contributed by atoms with van der Waals surface area (Å²) in [6.45, 7) is 0.107. The Kier molecular flexibility index (Phi) is 6.05. The number of anilines is 1. The zero-order valence-corrected chi connectivity index (χ0v) is 12.0. The second-order valence-electron chi connectivity index (χ2n) is 4.48. The number of rotatable bonds is 7. The molecule has 1 N–H and O–H groups in total. The highest BCUT2D eigenvalue weighted by molar-refractivity contribution is 5.95. The van der Waals surface area contributed by atoms with Gasteiger partial charge in [-0.25, -0.2) is 0 Å². The largest absolute Gasteiger partial charge is 0.466 e. The van der Waals surface area contributed by atoms with Gasteiger partial charge in [0.1, 0.15) is 6.54 Å². The maximum atomic E-state index is 13.5. The van der Waals surface area contributed by atoms with E-state index in [1.54, 1.807) is 5.32 Å². The van der Waals surface area contributed by atoms with E-state index < -0.39 is 49.2 Å². The Labute approximate surface area is 127 Å². The highest BCUT2D eigenvalue weighted by Crippen LogP contribution is 2.23. The molecule has 0 aliphatic heterocycles. The number of hydrogen-bond donors (Lipinski definition) is 1. The number of nitrogens with one attached hydrogen (secondary N) is 1. The van der Waals surface area contributed by atoms with E-state index in [1.807, 2.05) is 0 Å². The van der Waals surface area contributed by atoms with Gasteiger partial charge in [0.25, 0.3) is 5.91 Å². The van der Waals surface area contributed by atoms with Gasteiger partial charge in [-0.2, -0.15) is 27.1 Å². The molecule has 0 atom stereocenters. The van der Waals surface area contributed by atoms with Crippen molar-refractivity contribution in [1.82, 2.24) is 9.78 Å². The topological polar surface area (TPSA) is 73.2 Å². The van der Waals surface area contributed by atoms with E-state index in [0.717, 1.165) is 12.3 Å². The number of carbonyl (C=O) groups excluding carboxylic acids is 2. The molecule has 0 saturated carbocycles. The predicted octanol–water partition coefficient (Wildman–Crippen LogP) is 2.36. The van der Waals surface area contributed by atoms with E-state index in [9.17, 15) is 31.5 Å². The number of alkyl halides is 5. The van der Waals surface area contributed by atoms with E-state index in [0.29, 0.717) is 4.68 Å². The maximum absolute atomic E-state index is 13.5. The number of esters is 1. The summed E-state index contributed by atoms with van der Waals surface area (Å²) in [5, 5.41) is 5.02. The molecular weight excluding hydrogens is 329 g/mol. The summed E-state index contributed by atoms with van der Waals surface area (Å²) in [5.41, 5.74) is 0. The van der Waals surface area contributed by atoms with Crippen molar-refractivity contribution < 1.29 is 36.3 Å². The number of aromatic nitrogens is 2. The second kappa shape index (κ2) is 7.38. The molecule has 130 valence electrons. The summed E-state index contributed by atoms with van der Waals surface area (Å²) in [7, 11) is 0. The number of hydrogen-bond acceptors (Lipinski definition) is 4. The van der Waals surface area contributed by atoms with Crippen molar-refractivity contribution in [2.24, 2.45) is 0 Å². The lowest BCUT2D eigenvalue weighted by molar-refractivity contribution is -0.148. The molecule has 23 heavy (non-hydrogen) atoms. The van der Waals surface area contributed by atoms with Crippen molar-refractivity contribution in [2.45, 2.75) is 38.4 Å². The van der Waals surface area contributed by atoms with Crippen molar-refractivity contribution in [3.05, 3.63) is 12.3 Å². The Balaban J connectivity index is 2.58. The van der Waals surface area contributed by atoms with E-state index in [4.69, 9.17) is 0 Å². The molecule has 1 amide bonds. The van der Waals surface area contributed by atoms with Crippen LogP contribution in [-0.4, -0.2) is 40.4 Å². The minimum atomic E-state index is -4.53. The van der Waals surface area contributed by atoms with Crippen molar-refractivity contribution >= 4 is 17.7 Å². The predicted molar refractivity (Wildman–Crippen MR) is 67.7 cm³/mol. The molecule has 1 heterocycles. The Morgan fingerprint density at radius 3 is 2.52 bits per heavy atom. The van der Waals surface area contributed by atoms with Crippen molar-refractivity contribution in [1.29, 1.82) is 0 Å². The Bertz CT molecular complexity index is 556. The highest BCUT2D eigenvalue weighted by Gasteiger charge is 2.39. The normalized spacial score (nSPS) is 12.1. The van der Waals surface area contributed by atoms with Crippen LogP contribution < -0.4 is 5.32 Å². The summed E-state index contributed by atoms with van der Waals surface area (Å²) in [6, 6.07) is 0.949. The van der Waals surface area contributed by atoms with Crippen molar-refractivity contribution in [2.75, 3.05) is 11.9 Å². The first-order valence-corrected chi connectivity index (χ1v) is 6.48. The molecule has 0 aliphatic carbocycles. The van der Waals surface area contributed by atoms with Crippen LogP contribution in [0.4, 0.5) is 27.8 Å². The van der Waals surface area contributed by atoms with Crippen molar-refractivity contribution in [3.8, 4) is 0 Å². The van der Waals surface area contributed by atoms with Crippen LogP contribution in [0.1, 0.15) is 19.8 Å². The first kappa shape index (κ1) is 18.8. The number of halogens is 5. The van der Waals surface area contributed by atoms with Crippen LogP contribution >= 0.6 is 0 Å². The monoisotopic (exact) mass is 343 g/mol. The quantitative estimate of drug-likeness (QED) is 0.609. The average molecular weight is 343 g/mol. The van der Waals surface area contributed by atoms with Crippen LogP contribution in [0.2, 0.25) is 0 Å². The lowest BCUT2D eigenvalue weighted by Gasteiger charge is -2.14. The lowest BCUT2D eigenvalue weighted by Crippen LogP contribution is -2.35. The maximum Gasteiger partial charge on any atom is 0.408 e. The van der Waals surface area contributed by atoms with Gasteiger partial charge in [0.05, 0.1) is 13.0 Å². The fraction of sp³-hybridized carbons (Fsp3) is 0.583. The molecule has 1 aromatic rings. The number of nitrogens with zero attached hydrogens (tertiary/aromatic N) is 2. The third kappa shape index (κ3) is 6.61. The first-order valence-electron chi connectivity index (χ1n) is 6.48. The molecule has 0 aromatic carbocycles. The van der Waals surface area contributed by atoms with Gasteiger partial charge in [0.15, 0.2) is 5.82 Å². The fourth-order valence-electron chi connectivity index (χ4n) is 1.51. The second-order valence-corrected chi connectivity index (χ2v) is 4.48. The van der Waals surface area contributed by atoms with Gasteiger partial charge in [0, 0.05) is 18.7 Å². The van der Waals surface area contributed by atoms with Gasteiger partial charge in [0.2, 0.25) is 0 Å². The third-order valence-corrected chi connectivity index (χ3v) is 2.50. The zero-order chi connectivity index (χ0) is 17.7. The van der Waals surface area contributed by atoms with E-state index in [2.05, 4.69) is 9.84 Å². The highest BCUT2D eigenvalue weighted by atomic mass is 19.4. The molecule has 0 unspecified atom stereocenters.